The third-order valence-electron chi connectivity index (χ3n) is 5.55. The van der Waals surface area contributed by atoms with Gasteiger partial charge in [-0.05, 0) is 55.8 Å². The topological polar surface area (TPSA) is 46.5 Å². The molecule has 4 saturated carbocycles. The summed E-state index contributed by atoms with van der Waals surface area (Å²) in [4.78, 5) is 11.8. The molecule has 4 aliphatic carbocycles. The number of aliphatic hydroxyl groups is 1. The highest BCUT2D eigenvalue weighted by Gasteiger charge is 2.60. The summed E-state index contributed by atoms with van der Waals surface area (Å²) in [6, 6.07) is 0. The molecule has 0 spiro atoms. The molecular weight excluding hydrogens is 216 g/mol. The van der Waals surface area contributed by atoms with E-state index in [0.717, 1.165) is 32.1 Å². The highest BCUT2D eigenvalue weighted by Crippen LogP contribution is 2.64. The number of ether oxygens (including phenoxy) is 1. The Bertz CT molecular complexity index is 335. The number of carbonyl (C=O) groups is 1. The lowest BCUT2D eigenvalue weighted by atomic mass is 9.45. The van der Waals surface area contributed by atoms with Crippen LogP contribution in [0.4, 0.5) is 0 Å². The Balaban J connectivity index is 1.90. The molecule has 17 heavy (non-hydrogen) atoms. The van der Waals surface area contributed by atoms with Crippen molar-refractivity contribution in [1.29, 1.82) is 0 Å². The summed E-state index contributed by atoms with van der Waals surface area (Å²) >= 11 is 0. The van der Waals surface area contributed by atoms with Gasteiger partial charge in [0.25, 0.3) is 0 Å². The molecule has 4 aliphatic rings. The van der Waals surface area contributed by atoms with Crippen LogP contribution in [0, 0.1) is 23.2 Å². The van der Waals surface area contributed by atoms with Gasteiger partial charge in [0, 0.05) is 0 Å². The molecule has 0 aromatic rings. The SMILES string of the molecule is COC(=O)[C@@H](C)C12CC3CC(CC(O)(C3)C1)C2. The largest absolute Gasteiger partial charge is 0.469 e. The Morgan fingerprint density at radius 2 is 1.88 bits per heavy atom. The van der Waals surface area contributed by atoms with Crippen LogP contribution in [0.15, 0.2) is 0 Å². The quantitative estimate of drug-likeness (QED) is 0.750. The van der Waals surface area contributed by atoms with E-state index in [9.17, 15) is 9.90 Å². The van der Waals surface area contributed by atoms with Gasteiger partial charge in [0.05, 0.1) is 18.6 Å². The van der Waals surface area contributed by atoms with E-state index in [1.54, 1.807) is 0 Å². The fraction of sp³-hybridized carbons (Fsp3) is 0.929. The van der Waals surface area contributed by atoms with Gasteiger partial charge >= 0.3 is 5.97 Å². The predicted octanol–water partition coefficient (Wildman–Crippen LogP) is 2.13. The minimum absolute atomic E-state index is 0.0198. The summed E-state index contributed by atoms with van der Waals surface area (Å²) in [5.41, 5.74) is -0.460. The average Bonchev–Trinajstić information content (AvgIpc) is 2.23. The van der Waals surface area contributed by atoms with Crippen LogP contribution in [-0.4, -0.2) is 23.8 Å². The first-order valence-electron chi connectivity index (χ1n) is 6.77. The first-order chi connectivity index (χ1) is 7.96. The predicted molar refractivity (Wildman–Crippen MR) is 63.2 cm³/mol. The van der Waals surface area contributed by atoms with Gasteiger partial charge in [-0.25, -0.2) is 0 Å². The van der Waals surface area contributed by atoms with E-state index in [4.69, 9.17) is 4.74 Å². The smallest absolute Gasteiger partial charge is 0.308 e. The van der Waals surface area contributed by atoms with Crippen molar-refractivity contribution in [2.45, 2.75) is 51.0 Å². The fourth-order valence-electron chi connectivity index (χ4n) is 5.22. The van der Waals surface area contributed by atoms with Crippen LogP contribution < -0.4 is 0 Å². The van der Waals surface area contributed by atoms with E-state index < -0.39 is 5.60 Å². The van der Waals surface area contributed by atoms with Crippen LogP contribution in [0.2, 0.25) is 0 Å². The highest BCUT2D eigenvalue weighted by atomic mass is 16.5. The van der Waals surface area contributed by atoms with Crippen LogP contribution in [0.25, 0.3) is 0 Å². The van der Waals surface area contributed by atoms with Crippen molar-refractivity contribution in [3.8, 4) is 0 Å². The molecule has 3 heteroatoms. The third-order valence-corrected chi connectivity index (χ3v) is 5.55. The lowest BCUT2D eigenvalue weighted by Gasteiger charge is -2.61. The molecule has 0 heterocycles. The third kappa shape index (κ3) is 1.62. The first kappa shape index (κ1) is 11.5. The number of esters is 1. The van der Waals surface area contributed by atoms with Gasteiger partial charge in [-0.3, -0.25) is 4.79 Å². The molecule has 0 saturated heterocycles. The lowest BCUT2D eigenvalue weighted by Crippen LogP contribution is -2.58. The van der Waals surface area contributed by atoms with Crippen LogP contribution in [0.5, 0.6) is 0 Å². The zero-order valence-electron chi connectivity index (χ0n) is 10.7. The van der Waals surface area contributed by atoms with E-state index in [2.05, 4.69) is 0 Å². The van der Waals surface area contributed by atoms with Gasteiger partial charge in [-0.2, -0.15) is 0 Å². The van der Waals surface area contributed by atoms with E-state index in [1.807, 2.05) is 6.92 Å². The van der Waals surface area contributed by atoms with E-state index in [-0.39, 0.29) is 17.3 Å². The zero-order chi connectivity index (χ0) is 12.3. The summed E-state index contributed by atoms with van der Waals surface area (Å²) in [6.07, 6.45) is 6.21. The Hall–Kier alpha value is -0.570. The zero-order valence-corrected chi connectivity index (χ0v) is 10.7. The molecule has 0 amide bonds. The average molecular weight is 238 g/mol. The van der Waals surface area contributed by atoms with E-state index >= 15 is 0 Å². The van der Waals surface area contributed by atoms with Crippen molar-refractivity contribution in [3.63, 3.8) is 0 Å². The van der Waals surface area contributed by atoms with Gasteiger partial charge in [0.2, 0.25) is 0 Å². The number of carbonyl (C=O) groups excluding carboxylic acids is 1. The Kier molecular flexibility index (Phi) is 2.35. The van der Waals surface area contributed by atoms with Crippen molar-refractivity contribution in [2.24, 2.45) is 23.2 Å². The van der Waals surface area contributed by atoms with Crippen molar-refractivity contribution in [2.75, 3.05) is 7.11 Å². The van der Waals surface area contributed by atoms with Crippen molar-refractivity contribution >= 4 is 5.97 Å². The Morgan fingerprint density at radius 3 is 2.35 bits per heavy atom. The Morgan fingerprint density at radius 1 is 1.29 bits per heavy atom. The summed E-state index contributed by atoms with van der Waals surface area (Å²) in [7, 11) is 1.47. The van der Waals surface area contributed by atoms with Gasteiger partial charge < -0.3 is 9.84 Å². The maximum Gasteiger partial charge on any atom is 0.308 e. The maximum atomic E-state index is 11.8. The number of rotatable bonds is 2. The normalized spacial score (nSPS) is 49.1. The summed E-state index contributed by atoms with van der Waals surface area (Å²) in [6.45, 7) is 1.99. The second kappa shape index (κ2) is 3.47. The van der Waals surface area contributed by atoms with Gasteiger partial charge in [0.1, 0.15) is 0 Å². The van der Waals surface area contributed by atoms with Gasteiger partial charge in [0.15, 0.2) is 0 Å². The monoisotopic (exact) mass is 238 g/mol. The molecule has 0 radical (unpaired) electrons. The summed E-state index contributed by atoms with van der Waals surface area (Å²) < 4.78 is 4.91. The molecule has 0 aromatic carbocycles. The number of hydrogen-bond acceptors (Lipinski definition) is 3. The molecule has 4 rings (SSSR count). The minimum atomic E-state index is -0.480. The highest BCUT2D eigenvalue weighted by molar-refractivity contribution is 5.73. The van der Waals surface area contributed by atoms with Gasteiger partial charge in [-0.15, -0.1) is 0 Å². The second-order valence-electron chi connectivity index (χ2n) is 6.79. The first-order valence-corrected chi connectivity index (χ1v) is 6.77. The molecule has 3 atom stereocenters. The van der Waals surface area contributed by atoms with Crippen LogP contribution >= 0.6 is 0 Å². The molecule has 96 valence electrons. The number of hydrogen-bond donors (Lipinski definition) is 1. The van der Waals surface area contributed by atoms with Crippen molar-refractivity contribution < 1.29 is 14.6 Å². The van der Waals surface area contributed by atoms with E-state index in [1.165, 1.54) is 13.5 Å². The molecular formula is C14H22O3. The minimum Gasteiger partial charge on any atom is -0.469 e. The molecule has 1 N–H and O–H groups in total. The summed E-state index contributed by atoms with van der Waals surface area (Å²) in [5, 5.41) is 10.6. The molecule has 0 aromatic heterocycles. The molecule has 3 nitrogen and oxygen atoms in total. The van der Waals surface area contributed by atoms with Crippen LogP contribution in [-0.2, 0) is 9.53 Å². The lowest BCUT2D eigenvalue weighted by molar-refractivity contribution is -0.190. The summed E-state index contributed by atoms with van der Waals surface area (Å²) in [5.74, 6) is 1.10. The molecule has 4 fully saturated rings. The standard InChI is InChI=1S/C14H22O3/c1-9(12(15)17-2)13-4-10-3-11(5-13)7-14(16,6-10)8-13/h9-11,16H,3-8H2,1-2H3/t9-,10?,11?,13?,14?/m1/s1. The Labute approximate surface area is 103 Å². The fourth-order valence-corrected chi connectivity index (χ4v) is 5.22. The second-order valence-corrected chi connectivity index (χ2v) is 6.79. The van der Waals surface area contributed by atoms with Crippen LogP contribution in [0.1, 0.15) is 45.4 Å². The maximum absolute atomic E-state index is 11.8. The van der Waals surface area contributed by atoms with Crippen molar-refractivity contribution in [1.82, 2.24) is 0 Å². The van der Waals surface area contributed by atoms with E-state index in [0.29, 0.717) is 11.8 Å². The van der Waals surface area contributed by atoms with Crippen LogP contribution in [0.3, 0.4) is 0 Å². The molecule has 0 aliphatic heterocycles. The number of methoxy groups -OCH3 is 1. The van der Waals surface area contributed by atoms with Crippen molar-refractivity contribution in [3.05, 3.63) is 0 Å². The molecule has 4 bridgehead atoms. The van der Waals surface area contributed by atoms with Gasteiger partial charge in [-0.1, -0.05) is 6.92 Å². The molecule has 2 unspecified atom stereocenters.